The second kappa shape index (κ2) is 8.26. The highest BCUT2D eigenvalue weighted by Gasteiger charge is 1.97. The van der Waals surface area contributed by atoms with Gasteiger partial charge >= 0.3 is 6.68 Å². The topological polar surface area (TPSA) is 3.88 Å². The van der Waals surface area contributed by atoms with Gasteiger partial charge in [-0.05, 0) is 13.0 Å². The van der Waals surface area contributed by atoms with Gasteiger partial charge in [-0.3, -0.25) is 0 Å². The number of hydrogen-bond acceptors (Lipinski definition) is 0. The fraction of sp³-hybridized carbons (Fsp3) is 0.545. The van der Waals surface area contributed by atoms with Crippen LogP contribution in [0.25, 0.3) is 0 Å². The van der Waals surface area contributed by atoms with Crippen molar-refractivity contribution in [2.24, 2.45) is 0 Å². The van der Waals surface area contributed by atoms with E-state index in [1.807, 2.05) is 0 Å². The van der Waals surface area contributed by atoms with Gasteiger partial charge in [-0.2, -0.15) is 13.2 Å². The molecule has 1 heterocycles. The zero-order valence-electron chi connectivity index (χ0n) is 9.09. The Bertz CT molecular complexity index is 261. The van der Waals surface area contributed by atoms with Crippen LogP contribution in [0.15, 0.2) is 24.5 Å². The van der Waals surface area contributed by atoms with E-state index in [1.54, 1.807) is 0 Å². The Morgan fingerprint density at radius 3 is 2.40 bits per heavy atom. The number of halogens is 3. The van der Waals surface area contributed by atoms with E-state index in [2.05, 4.69) is 42.9 Å². The Kier molecular flexibility index (Phi) is 7.68. The van der Waals surface area contributed by atoms with Crippen molar-refractivity contribution in [2.75, 3.05) is 0 Å². The summed E-state index contributed by atoms with van der Waals surface area (Å²) in [5.74, 6) is 0. The molecule has 0 atom stereocenters. The Balaban J connectivity index is 0.000000423. The first-order chi connectivity index (χ1) is 7.06. The van der Waals surface area contributed by atoms with Crippen LogP contribution in [0.2, 0.25) is 0 Å². The number of hydrogen-bond donors (Lipinski definition) is 0. The molecule has 0 radical (unpaired) electrons. The highest BCUT2D eigenvalue weighted by atomic mass is 19.4. The summed E-state index contributed by atoms with van der Waals surface area (Å²) >= 11 is 0. The van der Waals surface area contributed by atoms with Crippen LogP contribution in [-0.2, 0) is 6.54 Å². The number of nitrogens with zero attached hydrogens (tertiary/aromatic N) is 1. The monoisotopic (exact) mass is 220 g/mol. The zero-order chi connectivity index (χ0) is 11.7. The van der Waals surface area contributed by atoms with Crippen molar-refractivity contribution in [3.8, 4) is 0 Å². The molecule has 0 saturated heterocycles. The van der Waals surface area contributed by atoms with E-state index in [1.165, 1.54) is 18.4 Å². The number of aromatic nitrogens is 1. The normalized spacial score (nSPS) is 9.73. The predicted molar refractivity (Wildman–Crippen MR) is 53.4 cm³/mol. The second-order valence-corrected chi connectivity index (χ2v) is 3.22. The predicted octanol–water partition coefficient (Wildman–Crippen LogP) is 3.26. The SMILES string of the molecule is CCCC[n+]1cccc(C)c1.FC(F)F. The molecule has 0 N–H and O–H groups in total. The lowest BCUT2D eigenvalue weighted by Crippen LogP contribution is -2.32. The molecule has 0 fully saturated rings. The lowest BCUT2D eigenvalue weighted by Gasteiger charge is -1.94. The van der Waals surface area contributed by atoms with Gasteiger partial charge in [0.25, 0.3) is 0 Å². The standard InChI is InChI=1S/C10H16N.CHF3/c1-3-4-7-11-8-5-6-10(2)9-11;2-1(3)4/h5-6,8-9H,3-4,7H2,1-2H3;1H/q+1;. The third-order valence-corrected chi connectivity index (χ3v) is 1.78. The summed E-state index contributed by atoms with van der Waals surface area (Å²) in [7, 11) is 0. The molecule has 0 aromatic carbocycles. The average molecular weight is 220 g/mol. The largest absolute Gasteiger partial charge is 0.379 e. The minimum atomic E-state index is -3.67. The lowest BCUT2D eigenvalue weighted by atomic mass is 10.3. The summed E-state index contributed by atoms with van der Waals surface area (Å²) in [6.07, 6.45) is 6.85. The third kappa shape index (κ3) is 9.25. The van der Waals surface area contributed by atoms with Gasteiger partial charge in [0.2, 0.25) is 0 Å². The molecule has 0 aliphatic rings. The van der Waals surface area contributed by atoms with Crippen molar-refractivity contribution >= 4 is 0 Å². The first-order valence-corrected chi connectivity index (χ1v) is 4.94. The first-order valence-electron chi connectivity index (χ1n) is 4.94. The van der Waals surface area contributed by atoms with Crippen molar-refractivity contribution in [2.45, 2.75) is 39.9 Å². The Morgan fingerprint density at radius 1 is 1.33 bits per heavy atom. The molecule has 0 spiro atoms. The smallest absolute Gasteiger partial charge is 0.205 e. The van der Waals surface area contributed by atoms with E-state index in [0.717, 1.165) is 6.54 Å². The summed E-state index contributed by atoms with van der Waals surface area (Å²) in [6, 6.07) is 4.23. The molecule has 15 heavy (non-hydrogen) atoms. The molecule has 1 nitrogen and oxygen atoms in total. The van der Waals surface area contributed by atoms with Crippen molar-refractivity contribution in [3.05, 3.63) is 30.1 Å². The molecule has 86 valence electrons. The van der Waals surface area contributed by atoms with Crippen molar-refractivity contribution in [1.29, 1.82) is 0 Å². The van der Waals surface area contributed by atoms with E-state index < -0.39 is 6.68 Å². The van der Waals surface area contributed by atoms with E-state index in [9.17, 15) is 13.2 Å². The molecule has 0 bridgehead atoms. The molecule has 1 rings (SSSR count). The van der Waals surface area contributed by atoms with E-state index >= 15 is 0 Å². The third-order valence-electron chi connectivity index (χ3n) is 1.78. The Hall–Kier alpha value is -1.06. The van der Waals surface area contributed by atoms with Crippen LogP contribution in [0.4, 0.5) is 13.2 Å². The highest BCUT2D eigenvalue weighted by molar-refractivity contribution is 5.01. The van der Waals surface area contributed by atoms with Crippen LogP contribution in [0.5, 0.6) is 0 Å². The quantitative estimate of drug-likeness (QED) is 0.688. The Labute approximate surface area is 88.6 Å². The van der Waals surface area contributed by atoms with Crippen LogP contribution in [0.3, 0.4) is 0 Å². The van der Waals surface area contributed by atoms with Gasteiger partial charge in [-0.25, -0.2) is 4.57 Å². The Morgan fingerprint density at radius 2 is 1.93 bits per heavy atom. The van der Waals surface area contributed by atoms with Crippen molar-refractivity contribution < 1.29 is 17.7 Å². The maximum absolute atomic E-state index is 9.67. The van der Waals surface area contributed by atoms with Gasteiger partial charge in [-0.1, -0.05) is 13.3 Å². The molecule has 0 saturated carbocycles. The maximum Gasteiger partial charge on any atom is 0.379 e. The van der Waals surface area contributed by atoms with Crippen LogP contribution in [-0.4, -0.2) is 6.68 Å². The maximum atomic E-state index is 9.67. The molecular weight excluding hydrogens is 203 g/mol. The molecule has 0 unspecified atom stereocenters. The number of alkyl halides is 3. The van der Waals surface area contributed by atoms with Gasteiger partial charge in [0.05, 0.1) is 0 Å². The van der Waals surface area contributed by atoms with E-state index in [0.29, 0.717) is 0 Å². The minimum Gasteiger partial charge on any atom is -0.205 e. The van der Waals surface area contributed by atoms with Crippen molar-refractivity contribution in [3.63, 3.8) is 0 Å². The second-order valence-electron chi connectivity index (χ2n) is 3.22. The van der Waals surface area contributed by atoms with Gasteiger partial charge in [0, 0.05) is 18.1 Å². The minimum absolute atomic E-state index is 1.15. The van der Waals surface area contributed by atoms with Crippen LogP contribution in [0, 0.1) is 6.92 Å². The van der Waals surface area contributed by atoms with Gasteiger partial charge < -0.3 is 0 Å². The number of aryl methyl sites for hydroxylation is 2. The van der Waals surface area contributed by atoms with Gasteiger partial charge in [-0.15, -0.1) is 0 Å². The molecule has 4 heteroatoms. The average Bonchev–Trinajstić information content (AvgIpc) is 2.14. The summed E-state index contributed by atoms with van der Waals surface area (Å²) in [4.78, 5) is 0. The number of rotatable bonds is 3. The van der Waals surface area contributed by atoms with Crippen LogP contribution >= 0.6 is 0 Å². The highest BCUT2D eigenvalue weighted by Crippen LogP contribution is 1.91. The summed E-state index contributed by atoms with van der Waals surface area (Å²) in [5, 5.41) is 0. The van der Waals surface area contributed by atoms with Crippen LogP contribution < -0.4 is 4.57 Å². The molecule has 1 aromatic rings. The molecule has 0 amide bonds. The molecule has 0 aliphatic heterocycles. The van der Waals surface area contributed by atoms with Crippen molar-refractivity contribution in [1.82, 2.24) is 0 Å². The molecular formula is C11H17F3N+. The molecule has 0 aliphatic carbocycles. The first kappa shape index (κ1) is 13.9. The lowest BCUT2D eigenvalue weighted by molar-refractivity contribution is -0.697. The van der Waals surface area contributed by atoms with E-state index in [4.69, 9.17) is 0 Å². The zero-order valence-corrected chi connectivity index (χ0v) is 9.09. The fourth-order valence-electron chi connectivity index (χ4n) is 1.13. The molecule has 1 aromatic heterocycles. The van der Waals surface area contributed by atoms with Gasteiger partial charge in [0.15, 0.2) is 12.4 Å². The van der Waals surface area contributed by atoms with E-state index in [-0.39, 0.29) is 0 Å². The fourth-order valence-corrected chi connectivity index (χ4v) is 1.13. The summed E-state index contributed by atoms with van der Waals surface area (Å²) in [6.45, 7) is 1.83. The summed E-state index contributed by atoms with van der Waals surface area (Å²) < 4.78 is 31.2. The summed E-state index contributed by atoms with van der Waals surface area (Å²) in [5.41, 5.74) is 1.34. The number of unbranched alkanes of at least 4 members (excludes halogenated alkanes) is 1. The van der Waals surface area contributed by atoms with Gasteiger partial charge in [0.1, 0.15) is 6.54 Å². The number of pyridine rings is 1. The van der Waals surface area contributed by atoms with Crippen LogP contribution in [0.1, 0.15) is 25.3 Å².